The average molecular weight is 591 g/mol. The summed E-state index contributed by atoms with van der Waals surface area (Å²) in [6.45, 7) is 3.12. The first-order chi connectivity index (χ1) is 20.3. The van der Waals surface area contributed by atoms with Gasteiger partial charge >= 0.3 is 0 Å². The van der Waals surface area contributed by atoms with Gasteiger partial charge in [0.1, 0.15) is 5.75 Å². The molecule has 3 rings (SSSR count). The monoisotopic (exact) mass is 590 g/mol. The normalized spacial score (nSPS) is 11.1. The Morgan fingerprint density at radius 1 is 0.463 bits per heavy atom. The number of hydrogen-bond acceptors (Lipinski definition) is 3. The van der Waals surface area contributed by atoms with E-state index in [2.05, 4.69) is 85.8 Å². The molecule has 0 saturated carbocycles. The van der Waals surface area contributed by atoms with Crippen molar-refractivity contribution >= 4 is 23.5 Å². The molecule has 0 amide bonds. The van der Waals surface area contributed by atoms with Crippen LogP contribution in [0.4, 0.5) is 0 Å². The molecule has 0 unspecified atom stereocenters. The zero-order chi connectivity index (χ0) is 28.6. The first-order valence-corrected chi connectivity index (χ1v) is 18.4. The van der Waals surface area contributed by atoms with E-state index in [1.807, 2.05) is 23.5 Å². The SMILES string of the molecule is CCCCCCCCCCCCCCCCCCOc1cc(CSc2ccccc2)cc(CSc2ccccc2)c1. The Morgan fingerprint density at radius 2 is 0.854 bits per heavy atom. The van der Waals surface area contributed by atoms with E-state index in [0.717, 1.165) is 30.3 Å². The highest BCUT2D eigenvalue weighted by atomic mass is 32.2. The second-order valence-electron chi connectivity index (χ2n) is 11.3. The lowest BCUT2D eigenvalue weighted by Crippen LogP contribution is -1.99. The minimum atomic E-state index is 0.818. The van der Waals surface area contributed by atoms with Crippen LogP contribution in [0.2, 0.25) is 0 Å². The lowest BCUT2D eigenvalue weighted by molar-refractivity contribution is 0.304. The predicted octanol–water partition coefficient (Wildman–Crippen LogP) is 12.9. The molecule has 0 spiro atoms. The van der Waals surface area contributed by atoms with Gasteiger partial charge in [-0.2, -0.15) is 0 Å². The van der Waals surface area contributed by atoms with Crippen molar-refractivity contribution < 1.29 is 4.74 Å². The van der Waals surface area contributed by atoms with Crippen molar-refractivity contribution in [2.24, 2.45) is 0 Å². The summed E-state index contributed by atoms with van der Waals surface area (Å²) >= 11 is 3.79. The molecule has 0 aliphatic rings. The highest BCUT2D eigenvalue weighted by molar-refractivity contribution is 7.98. The lowest BCUT2D eigenvalue weighted by atomic mass is 10.0. The zero-order valence-corrected chi connectivity index (χ0v) is 27.3. The molecule has 0 radical (unpaired) electrons. The molecular weight excluding hydrogens is 537 g/mol. The van der Waals surface area contributed by atoms with Crippen LogP contribution < -0.4 is 4.74 Å². The van der Waals surface area contributed by atoms with Crippen molar-refractivity contribution in [1.82, 2.24) is 0 Å². The fraction of sp³-hybridized carbons (Fsp3) is 0.526. The molecule has 0 aliphatic heterocycles. The minimum absolute atomic E-state index is 0.818. The summed E-state index contributed by atoms with van der Waals surface area (Å²) in [7, 11) is 0. The zero-order valence-electron chi connectivity index (χ0n) is 25.7. The summed E-state index contributed by atoms with van der Waals surface area (Å²) < 4.78 is 6.29. The van der Waals surface area contributed by atoms with E-state index in [9.17, 15) is 0 Å². The number of rotatable bonds is 24. The van der Waals surface area contributed by atoms with Crippen LogP contribution in [0, 0.1) is 0 Å². The molecule has 0 heterocycles. The molecule has 41 heavy (non-hydrogen) atoms. The molecule has 0 aromatic heterocycles. The Balaban J connectivity index is 1.28. The Morgan fingerprint density at radius 3 is 1.27 bits per heavy atom. The third kappa shape index (κ3) is 16.4. The van der Waals surface area contributed by atoms with E-state index in [4.69, 9.17) is 4.74 Å². The van der Waals surface area contributed by atoms with Crippen molar-refractivity contribution in [2.75, 3.05) is 6.61 Å². The van der Waals surface area contributed by atoms with Crippen molar-refractivity contribution in [3.63, 3.8) is 0 Å². The van der Waals surface area contributed by atoms with Crippen LogP contribution in [0.1, 0.15) is 121 Å². The summed E-state index contributed by atoms with van der Waals surface area (Å²) in [5, 5.41) is 0. The van der Waals surface area contributed by atoms with Gasteiger partial charge in [0.25, 0.3) is 0 Å². The van der Waals surface area contributed by atoms with Crippen LogP contribution in [-0.2, 0) is 11.5 Å². The number of hydrogen-bond donors (Lipinski definition) is 0. The van der Waals surface area contributed by atoms with Crippen LogP contribution in [0.15, 0.2) is 88.7 Å². The van der Waals surface area contributed by atoms with E-state index < -0.39 is 0 Å². The van der Waals surface area contributed by atoms with Crippen molar-refractivity contribution in [3.05, 3.63) is 90.0 Å². The van der Waals surface area contributed by atoms with Gasteiger partial charge in [-0.05, 0) is 53.9 Å². The van der Waals surface area contributed by atoms with Crippen LogP contribution in [0.5, 0.6) is 5.75 Å². The van der Waals surface area contributed by atoms with Gasteiger partial charge in [-0.1, -0.05) is 146 Å². The van der Waals surface area contributed by atoms with E-state index in [-0.39, 0.29) is 0 Å². The molecule has 0 N–H and O–H groups in total. The number of unbranched alkanes of at least 4 members (excludes halogenated alkanes) is 15. The molecule has 0 aliphatic carbocycles. The van der Waals surface area contributed by atoms with E-state index in [1.54, 1.807) is 0 Å². The molecule has 0 saturated heterocycles. The molecule has 224 valence electrons. The highest BCUT2D eigenvalue weighted by Crippen LogP contribution is 2.29. The number of thioether (sulfide) groups is 2. The Kier molecular flexibility index (Phi) is 18.7. The largest absolute Gasteiger partial charge is 0.494 e. The summed E-state index contributed by atoms with van der Waals surface area (Å²) in [6.07, 6.45) is 22.3. The van der Waals surface area contributed by atoms with E-state index in [1.165, 1.54) is 117 Å². The fourth-order valence-electron chi connectivity index (χ4n) is 5.19. The molecule has 1 nitrogen and oxygen atoms in total. The Bertz CT molecular complexity index is 959. The maximum atomic E-state index is 6.29. The molecule has 3 heteroatoms. The second-order valence-corrected chi connectivity index (χ2v) is 13.4. The Hall–Kier alpha value is -1.84. The topological polar surface area (TPSA) is 9.23 Å². The first-order valence-electron chi connectivity index (χ1n) is 16.4. The summed E-state index contributed by atoms with van der Waals surface area (Å²) in [5.74, 6) is 2.95. The maximum Gasteiger partial charge on any atom is 0.119 e. The van der Waals surface area contributed by atoms with Gasteiger partial charge in [-0.25, -0.2) is 0 Å². The van der Waals surface area contributed by atoms with Crippen LogP contribution in [0.25, 0.3) is 0 Å². The van der Waals surface area contributed by atoms with Crippen molar-refractivity contribution in [3.8, 4) is 5.75 Å². The van der Waals surface area contributed by atoms with Crippen LogP contribution >= 0.6 is 23.5 Å². The molecule has 3 aromatic carbocycles. The summed E-state index contributed by atoms with van der Waals surface area (Å²) in [6, 6.07) is 28.2. The third-order valence-corrected chi connectivity index (χ3v) is 9.76. The van der Waals surface area contributed by atoms with E-state index >= 15 is 0 Å². The van der Waals surface area contributed by atoms with Gasteiger partial charge in [-0.3, -0.25) is 0 Å². The molecule has 3 aromatic rings. The van der Waals surface area contributed by atoms with Crippen molar-refractivity contribution in [2.45, 2.75) is 131 Å². The minimum Gasteiger partial charge on any atom is -0.494 e. The molecule has 0 atom stereocenters. The van der Waals surface area contributed by atoms with Crippen LogP contribution in [-0.4, -0.2) is 6.61 Å². The first kappa shape index (κ1) is 33.7. The predicted molar refractivity (Wildman–Crippen MR) is 183 cm³/mol. The number of benzene rings is 3. The lowest BCUT2D eigenvalue weighted by Gasteiger charge is -2.12. The van der Waals surface area contributed by atoms with Crippen LogP contribution in [0.3, 0.4) is 0 Å². The summed E-state index contributed by atoms with van der Waals surface area (Å²) in [5.41, 5.74) is 2.68. The van der Waals surface area contributed by atoms with Gasteiger partial charge in [0.15, 0.2) is 0 Å². The van der Waals surface area contributed by atoms with Gasteiger partial charge in [0, 0.05) is 21.3 Å². The second kappa shape index (κ2) is 22.7. The smallest absolute Gasteiger partial charge is 0.119 e. The fourth-order valence-corrected chi connectivity index (χ4v) is 6.88. The summed E-state index contributed by atoms with van der Waals surface area (Å²) in [4.78, 5) is 2.62. The van der Waals surface area contributed by atoms with Gasteiger partial charge in [0.2, 0.25) is 0 Å². The molecule has 0 bridgehead atoms. The quantitative estimate of drug-likeness (QED) is 0.0758. The third-order valence-electron chi connectivity index (χ3n) is 7.59. The van der Waals surface area contributed by atoms with Gasteiger partial charge in [0.05, 0.1) is 6.61 Å². The number of ether oxygens (including phenoxy) is 1. The maximum absolute atomic E-state index is 6.29. The van der Waals surface area contributed by atoms with Gasteiger partial charge < -0.3 is 4.74 Å². The van der Waals surface area contributed by atoms with Crippen molar-refractivity contribution in [1.29, 1.82) is 0 Å². The highest BCUT2D eigenvalue weighted by Gasteiger charge is 2.06. The standard InChI is InChI=1S/C38H54OS2/c1-2-3-4-5-6-7-8-9-10-11-12-13-14-15-16-23-28-39-36-30-34(32-40-37-24-19-17-20-25-37)29-35(31-36)33-41-38-26-21-18-22-27-38/h17-22,24-27,29-31H,2-16,23,28,32-33H2,1H3. The average Bonchev–Trinajstić information content (AvgIpc) is 3.01. The Labute approximate surface area is 260 Å². The van der Waals surface area contributed by atoms with E-state index in [0.29, 0.717) is 0 Å². The molecular formula is C38H54OS2. The van der Waals surface area contributed by atoms with Gasteiger partial charge in [-0.15, -0.1) is 23.5 Å². The molecule has 0 fully saturated rings.